The smallest absolute Gasteiger partial charge is 0.253 e. The molecule has 3 nitrogen and oxygen atoms in total. The van der Waals surface area contributed by atoms with E-state index in [2.05, 4.69) is 19.6 Å². The summed E-state index contributed by atoms with van der Waals surface area (Å²) in [7, 11) is 0. The molecule has 1 atom stereocenters. The van der Waals surface area contributed by atoms with Gasteiger partial charge in [-0.05, 0) is 31.0 Å². The third-order valence-electron chi connectivity index (χ3n) is 3.19. The van der Waals surface area contributed by atoms with Crippen LogP contribution in [0.3, 0.4) is 0 Å². The van der Waals surface area contributed by atoms with E-state index in [1.807, 2.05) is 29.2 Å². The molecule has 1 aliphatic heterocycles. The predicted molar refractivity (Wildman–Crippen MR) is 74.2 cm³/mol. The fraction of sp³-hybridized carbons (Fsp3) is 0.500. The topological polar surface area (TPSA) is 29.5 Å². The summed E-state index contributed by atoms with van der Waals surface area (Å²) in [5.41, 5.74) is 0.708. The molecule has 0 saturated carbocycles. The Morgan fingerprint density at radius 1 is 1.56 bits per heavy atom. The Hall–Kier alpha value is -1.00. The number of thiol groups is 1. The Bertz CT molecular complexity index is 422. The molecule has 18 heavy (non-hydrogen) atoms. The van der Waals surface area contributed by atoms with Crippen LogP contribution in [0.5, 0.6) is 0 Å². The molecule has 1 aliphatic rings. The minimum Gasteiger partial charge on any atom is -0.376 e. The van der Waals surface area contributed by atoms with Crippen LogP contribution in [0.25, 0.3) is 0 Å². The van der Waals surface area contributed by atoms with Crippen molar-refractivity contribution < 1.29 is 9.53 Å². The van der Waals surface area contributed by atoms with Crippen molar-refractivity contribution in [3.05, 3.63) is 29.8 Å². The van der Waals surface area contributed by atoms with Crippen molar-refractivity contribution >= 4 is 18.5 Å². The van der Waals surface area contributed by atoms with Crippen molar-refractivity contribution in [1.29, 1.82) is 0 Å². The normalized spacial score (nSPS) is 20.6. The maximum Gasteiger partial charge on any atom is 0.253 e. The molecule has 1 amide bonds. The average Bonchev–Trinajstić information content (AvgIpc) is 2.63. The third kappa shape index (κ3) is 3.27. The van der Waals surface area contributed by atoms with Crippen LogP contribution in [0.2, 0.25) is 0 Å². The molecular weight excluding hydrogens is 246 g/mol. The molecule has 0 bridgehead atoms. The van der Waals surface area contributed by atoms with E-state index in [9.17, 15) is 4.79 Å². The Balaban J connectivity index is 2.12. The van der Waals surface area contributed by atoms with Crippen molar-refractivity contribution in [3.63, 3.8) is 0 Å². The number of benzene rings is 1. The van der Waals surface area contributed by atoms with E-state index >= 15 is 0 Å². The van der Waals surface area contributed by atoms with Crippen LogP contribution in [0.15, 0.2) is 29.2 Å². The highest BCUT2D eigenvalue weighted by molar-refractivity contribution is 7.80. The molecule has 1 fully saturated rings. The van der Waals surface area contributed by atoms with Crippen LogP contribution >= 0.6 is 12.6 Å². The van der Waals surface area contributed by atoms with Crippen LogP contribution in [-0.2, 0) is 4.74 Å². The maximum absolute atomic E-state index is 12.4. The number of carbonyl (C=O) groups is 1. The van der Waals surface area contributed by atoms with E-state index in [-0.39, 0.29) is 12.0 Å². The van der Waals surface area contributed by atoms with Gasteiger partial charge in [0.2, 0.25) is 0 Å². The first-order valence-corrected chi connectivity index (χ1v) is 6.85. The summed E-state index contributed by atoms with van der Waals surface area (Å²) in [5, 5.41) is 0. The standard InChI is InChI=1S/C14H19NO2S/c1-2-12-10-15(7-4-8-17-12)14(16)11-5-3-6-13(18)9-11/h3,5-6,9,12,18H,2,4,7-8,10H2,1H3. The first-order chi connectivity index (χ1) is 8.70. The van der Waals surface area contributed by atoms with Gasteiger partial charge in [-0.3, -0.25) is 4.79 Å². The lowest BCUT2D eigenvalue weighted by atomic mass is 10.1. The number of ether oxygens (including phenoxy) is 1. The van der Waals surface area contributed by atoms with Crippen molar-refractivity contribution in [2.45, 2.75) is 30.8 Å². The number of hydrogen-bond acceptors (Lipinski definition) is 3. The molecule has 2 rings (SSSR count). The Labute approximate surface area is 114 Å². The first-order valence-electron chi connectivity index (χ1n) is 6.40. The Morgan fingerprint density at radius 3 is 3.11 bits per heavy atom. The summed E-state index contributed by atoms with van der Waals surface area (Å²) in [6, 6.07) is 7.40. The molecule has 4 heteroatoms. The fourth-order valence-corrected chi connectivity index (χ4v) is 2.37. The summed E-state index contributed by atoms with van der Waals surface area (Å²) in [6.07, 6.45) is 2.01. The zero-order valence-electron chi connectivity index (χ0n) is 10.6. The van der Waals surface area contributed by atoms with Gasteiger partial charge in [0, 0.05) is 30.2 Å². The van der Waals surface area contributed by atoms with E-state index in [0.717, 1.165) is 30.9 Å². The van der Waals surface area contributed by atoms with Crippen LogP contribution in [0, 0.1) is 0 Å². The summed E-state index contributed by atoms with van der Waals surface area (Å²) < 4.78 is 5.68. The van der Waals surface area contributed by atoms with Crippen LogP contribution in [0.1, 0.15) is 30.1 Å². The lowest BCUT2D eigenvalue weighted by Gasteiger charge is -2.23. The highest BCUT2D eigenvalue weighted by Crippen LogP contribution is 2.15. The zero-order chi connectivity index (χ0) is 13.0. The third-order valence-corrected chi connectivity index (χ3v) is 3.46. The molecule has 1 aromatic carbocycles. The molecule has 1 heterocycles. The molecule has 0 spiro atoms. The average molecular weight is 265 g/mol. The molecular formula is C14H19NO2S. The molecule has 0 N–H and O–H groups in total. The molecule has 98 valence electrons. The minimum atomic E-state index is 0.0786. The van der Waals surface area contributed by atoms with Gasteiger partial charge < -0.3 is 9.64 Å². The van der Waals surface area contributed by atoms with E-state index in [0.29, 0.717) is 12.1 Å². The van der Waals surface area contributed by atoms with Gasteiger partial charge in [0.25, 0.3) is 5.91 Å². The second kappa shape index (κ2) is 6.25. The lowest BCUT2D eigenvalue weighted by Crippen LogP contribution is -2.36. The second-order valence-electron chi connectivity index (χ2n) is 4.56. The monoisotopic (exact) mass is 265 g/mol. The zero-order valence-corrected chi connectivity index (χ0v) is 11.5. The number of rotatable bonds is 2. The van der Waals surface area contributed by atoms with Crippen LogP contribution in [0.4, 0.5) is 0 Å². The molecule has 0 aromatic heterocycles. The summed E-state index contributed by atoms with van der Waals surface area (Å²) in [5.74, 6) is 0.0786. The number of hydrogen-bond donors (Lipinski definition) is 1. The van der Waals surface area contributed by atoms with Gasteiger partial charge in [-0.2, -0.15) is 0 Å². The second-order valence-corrected chi connectivity index (χ2v) is 5.07. The van der Waals surface area contributed by atoms with E-state index in [1.165, 1.54) is 0 Å². The molecule has 1 aromatic rings. The van der Waals surface area contributed by atoms with Crippen molar-refractivity contribution in [1.82, 2.24) is 4.90 Å². The fourth-order valence-electron chi connectivity index (χ4n) is 2.15. The van der Waals surface area contributed by atoms with E-state index in [1.54, 1.807) is 0 Å². The largest absolute Gasteiger partial charge is 0.376 e. The van der Waals surface area contributed by atoms with Gasteiger partial charge in [0.1, 0.15) is 0 Å². The van der Waals surface area contributed by atoms with E-state index < -0.39 is 0 Å². The number of carbonyl (C=O) groups excluding carboxylic acids is 1. The SMILES string of the molecule is CCC1CN(C(=O)c2cccc(S)c2)CCCO1. The van der Waals surface area contributed by atoms with Gasteiger partial charge >= 0.3 is 0 Å². The van der Waals surface area contributed by atoms with Crippen molar-refractivity contribution in [2.75, 3.05) is 19.7 Å². The first kappa shape index (κ1) is 13.4. The van der Waals surface area contributed by atoms with Gasteiger partial charge in [0.05, 0.1) is 6.10 Å². The lowest BCUT2D eigenvalue weighted by molar-refractivity contribution is 0.0460. The number of nitrogens with zero attached hydrogens (tertiary/aromatic N) is 1. The van der Waals surface area contributed by atoms with Gasteiger partial charge in [-0.1, -0.05) is 13.0 Å². The van der Waals surface area contributed by atoms with Crippen molar-refractivity contribution in [2.24, 2.45) is 0 Å². The molecule has 1 saturated heterocycles. The molecule has 1 unspecified atom stereocenters. The summed E-state index contributed by atoms with van der Waals surface area (Å²) in [6.45, 7) is 4.29. The molecule has 0 radical (unpaired) electrons. The van der Waals surface area contributed by atoms with Crippen LogP contribution in [-0.4, -0.2) is 36.6 Å². The van der Waals surface area contributed by atoms with Gasteiger partial charge in [-0.15, -0.1) is 12.6 Å². The predicted octanol–water partition coefficient (Wildman–Crippen LogP) is 2.62. The Morgan fingerprint density at radius 2 is 2.39 bits per heavy atom. The van der Waals surface area contributed by atoms with Gasteiger partial charge in [0.15, 0.2) is 0 Å². The van der Waals surface area contributed by atoms with E-state index in [4.69, 9.17) is 4.74 Å². The Kier molecular flexibility index (Phi) is 4.66. The highest BCUT2D eigenvalue weighted by Gasteiger charge is 2.22. The maximum atomic E-state index is 12.4. The number of amides is 1. The van der Waals surface area contributed by atoms with Crippen molar-refractivity contribution in [3.8, 4) is 0 Å². The highest BCUT2D eigenvalue weighted by atomic mass is 32.1. The van der Waals surface area contributed by atoms with Gasteiger partial charge in [-0.25, -0.2) is 0 Å². The van der Waals surface area contributed by atoms with Crippen LogP contribution < -0.4 is 0 Å². The summed E-state index contributed by atoms with van der Waals surface area (Å²) in [4.78, 5) is 15.1. The molecule has 0 aliphatic carbocycles. The quantitative estimate of drug-likeness (QED) is 0.833. The summed E-state index contributed by atoms with van der Waals surface area (Å²) >= 11 is 4.27. The minimum absolute atomic E-state index is 0.0786.